The van der Waals surface area contributed by atoms with Gasteiger partial charge in [0.15, 0.2) is 0 Å². The van der Waals surface area contributed by atoms with Gasteiger partial charge in [-0.15, -0.1) is 13.2 Å². The number of hydrogen-bond acceptors (Lipinski definition) is 0. The highest BCUT2D eigenvalue weighted by Crippen LogP contribution is 2.35. The molecule has 0 saturated carbocycles. The smallest absolute Gasteiger partial charge is 0.0142 e. The van der Waals surface area contributed by atoms with E-state index in [2.05, 4.69) is 52.3 Å². The van der Waals surface area contributed by atoms with Crippen molar-refractivity contribution >= 4 is 0 Å². The molecule has 0 aliphatic heterocycles. The van der Waals surface area contributed by atoms with Gasteiger partial charge in [0, 0.05) is 5.41 Å². The third-order valence-corrected chi connectivity index (χ3v) is 2.66. The van der Waals surface area contributed by atoms with Gasteiger partial charge >= 0.3 is 0 Å². The van der Waals surface area contributed by atoms with Crippen LogP contribution in [0, 0.1) is 5.41 Å². The zero-order valence-corrected chi connectivity index (χ0v) is 11.8. The molecule has 0 saturated heterocycles. The van der Waals surface area contributed by atoms with Crippen LogP contribution >= 0.6 is 0 Å². The summed E-state index contributed by atoms with van der Waals surface area (Å²) >= 11 is 0. The first-order chi connectivity index (χ1) is 8.04. The molecule has 0 N–H and O–H groups in total. The number of rotatable bonds is 5. The minimum absolute atomic E-state index is 0.0300. The van der Waals surface area contributed by atoms with Crippen LogP contribution < -0.4 is 0 Å². The van der Waals surface area contributed by atoms with E-state index in [-0.39, 0.29) is 5.41 Å². The molecule has 17 heavy (non-hydrogen) atoms. The lowest BCUT2D eigenvalue weighted by atomic mass is 9.76. The van der Waals surface area contributed by atoms with Crippen molar-refractivity contribution in [2.24, 2.45) is 5.41 Å². The summed E-state index contributed by atoms with van der Waals surface area (Å²) in [5.41, 5.74) is 2.39. The molecule has 0 atom stereocenters. The first-order valence-electron chi connectivity index (χ1n) is 5.79. The SMILES string of the molecule is C=C.C=C/C(=C\C)C(C)(C)/C(C=C)=C/C=C\C. The van der Waals surface area contributed by atoms with Crippen LogP contribution in [-0.2, 0) is 0 Å². The molecule has 0 spiro atoms. The summed E-state index contributed by atoms with van der Waals surface area (Å²) in [7, 11) is 0. The van der Waals surface area contributed by atoms with E-state index in [4.69, 9.17) is 0 Å². The van der Waals surface area contributed by atoms with Crippen molar-refractivity contribution in [2.45, 2.75) is 27.7 Å². The molecule has 0 aromatic carbocycles. The van der Waals surface area contributed by atoms with Crippen molar-refractivity contribution in [1.82, 2.24) is 0 Å². The Bertz CT molecular complexity index is 322. The van der Waals surface area contributed by atoms with Gasteiger partial charge in [-0.1, -0.05) is 63.5 Å². The summed E-state index contributed by atoms with van der Waals surface area (Å²) in [6.45, 7) is 22.1. The molecule has 0 aromatic rings. The Morgan fingerprint density at radius 2 is 1.41 bits per heavy atom. The highest BCUT2D eigenvalue weighted by Gasteiger charge is 2.23. The van der Waals surface area contributed by atoms with E-state index in [0.717, 1.165) is 0 Å². The first kappa shape index (κ1) is 17.8. The molecule has 0 radical (unpaired) electrons. The van der Waals surface area contributed by atoms with E-state index < -0.39 is 0 Å². The van der Waals surface area contributed by atoms with Gasteiger partial charge in [-0.25, -0.2) is 0 Å². The fourth-order valence-electron chi connectivity index (χ4n) is 1.63. The molecule has 0 nitrogen and oxygen atoms in total. The fraction of sp³-hybridized carbons (Fsp3) is 0.294. The average Bonchev–Trinajstić information content (AvgIpc) is 2.33. The van der Waals surface area contributed by atoms with E-state index >= 15 is 0 Å². The van der Waals surface area contributed by atoms with E-state index in [0.29, 0.717) is 0 Å². The Hall–Kier alpha value is -1.56. The molecular formula is C17H26. The van der Waals surface area contributed by atoms with Crippen LogP contribution in [0.5, 0.6) is 0 Å². The highest BCUT2D eigenvalue weighted by atomic mass is 14.3. The Morgan fingerprint density at radius 3 is 1.71 bits per heavy atom. The molecule has 0 aliphatic rings. The molecule has 0 heterocycles. The summed E-state index contributed by atoms with van der Waals surface area (Å²) in [6, 6.07) is 0. The summed E-state index contributed by atoms with van der Waals surface area (Å²) in [5, 5.41) is 0. The molecular weight excluding hydrogens is 204 g/mol. The normalized spacial score (nSPS) is 12.9. The van der Waals surface area contributed by atoms with Crippen LogP contribution in [0.1, 0.15) is 27.7 Å². The largest absolute Gasteiger partial charge is 0.106 e. The third-order valence-electron chi connectivity index (χ3n) is 2.66. The van der Waals surface area contributed by atoms with Crippen LogP contribution in [0.15, 0.2) is 73.9 Å². The first-order valence-corrected chi connectivity index (χ1v) is 5.79. The van der Waals surface area contributed by atoms with Gasteiger partial charge in [0.2, 0.25) is 0 Å². The van der Waals surface area contributed by atoms with Crippen LogP contribution in [0.4, 0.5) is 0 Å². The Labute approximate surface area is 107 Å². The van der Waals surface area contributed by atoms with Crippen LogP contribution in [0.25, 0.3) is 0 Å². The lowest BCUT2D eigenvalue weighted by molar-refractivity contribution is 0.566. The highest BCUT2D eigenvalue weighted by molar-refractivity contribution is 5.40. The van der Waals surface area contributed by atoms with E-state index in [1.165, 1.54) is 11.1 Å². The molecule has 0 fully saturated rings. The van der Waals surface area contributed by atoms with Crippen LogP contribution in [0.3, 0.4) is 0 Å². The van der Waals surface area contributed by atoms with Gasteiger partial charge in [-0.3, -0.25) is 0 Å². The van der Waals surface area contributed by atoms with Crippen molar-refractivity contribution in [3.05, 3.63) is 73.9 Å². The second-order valence-corrected chi connectivity index (χ2v) is 3.93. The maximum atomic E-state index is 3.87. The summed E-state index contributed by atoms with van der Waals surface area (Å²) < 4.78 is 0. The van der Waals surface area contributed by atoms with Crippen molar-refractivity contribution in [2.75, 3.05) is 0 Å². The maximum absolute atomic E-state index is 3.87. The van der Waals surface area contributed by atoms with Gasteiger partial charge in [-0.05, 0) is 25.0 Å². The van der Waals surface area contributed by atoms with E-state index in [1.807, 2.05) is 38.2 Å². The zero-order valence-electron chi connectivity index (χ0n) is 11.8. The molecule has 0 unspecified atom stereocenters. The second kappa shape index (κ2) is 9.65. The molecule has 0 heteroatoms. The zero-order chi connectivity index (χ0) is 13.9. The minimum Gasteiger partial charge on any atom is -0.106 e. The van der Waals surface area contributed by atoms with Gasteiger partial charge in [-0.2, -0.15) is 0 Å². The molecule has 0 aliphatic carbocycles. The minimum atomic E-state index is -0.0300. The molecule has 0 rings (SSSR count). The summed E-state index contributed by atoms with van der Waals surface area (Å²) in [5.74, 6) is 0. The third kappa shape index (κ3) is 5.35. The lowest BCUT2D eigenvalue weighted by Gasteiger charge is -2.27. The van der Waals surface area contributed by atoms with E-state index in [9.17, 15) is 0 Å². The number of allylic oxidation sites excluding steroid dienone is 8. The predicted molar refractivity (Wildman–Crippen MR) is 82.1 cm³/mol. The average molecular weight is 230 g/mol. The monoisotopic (exact) mass is 230 g/mol. The molecule has 94 valence electrons. The van der Waals surface area contributed by atoms with Gasteiger partial charge in [0.05, 0.1) is 0 Å². The summed E-state index contributed by atoms with van der Waals surface area (Å²) in [6.07, 6.45) is 12.1. The standard InChI is InChI=1S/C15H22.C2H4/c1-7-11-12-14(10-4)15(5,6)13(8-2)9-3;1-2/h7-12H,2,4H2,1,3,5-6H3;1-2H2/b11-7-,13-9+,14-12+;. The predicted octanol–water partition coefficient (Wildman–Crippen LogP) is 5.64. The second-order valence-electron chi connectivity index (χ2n) is 3.93. The Kier molecular flexibility index (Phi) is 10.1. The van der Waals surface area contributed by atoms with Gasteiger partial charge < -0.3 is 0 Å². The van der Waals surface area contributed by atoms with Gasteiger partial charge in [0.25, 0.3) is 0 Å². The molecule has 0 bridgehead atoms. The Balaban J connectivity index is 0. The maximum Gasteiger partial charge on any atom is 0.0142 e. The Morgan fingerprint density at radius 1 is 0.941 bits per heavy atom. The quantitative estimate of drug-likeness (QED) is 0.424. The number of hydrogen-bond donors (Lipinski definition) is 0. The van der Waals surface area contributed by atoms with Gasteiger partial charge in [0.1, 0.15) is 0 Å². The molecule has 0 amide bonds. The van der Waals surface area contributed by atoms with E-state index in [1.54, 1.807) is 0 Å². The summed E-state index contributed by atoms with van der Waals surface area (Å²) in [4.78, 5) is 0. The van der Waals surface area contributed by atoms with Crippen molar-refractivity contribution in [3.63, 3.8) is 0 Å². The molecule has 0 aromatic heterocycles. The van der Waals surface area contributed by atoms with Crippen molar-refractivity contribution in [1.29, 1.82) is 0 Å². The van der Waals surface area contributed by atoms with Crippen LogP contribution in [-0.4, -0.2) is 0 Å². The lowest BCUT2D eigenvalue weighted by Crippen LogP contribution is -2.15. The fourth-order valence-corrected chi connectivity index (χ4v) is 1.63. The van der Waals surface area contributed by atoms with Crippen LogP contribution in [0.2, 0.25) is 0 Å². The topological polar surface area (TPSA) is 0 Å². The van der Waals surface area contributed by atoms with Crippen molar-refractivity contribution in [3.8, 4) is 0 Å². The van der Waals surface area contributed by atoms with Crippen molar-refractivity contribution < 1.29 is 0 Å².